The molecule has 0 aromatic heterocycles. The van der Waals surface area contributed by atoms with Gasteiger partial charge in [-0.05, 0) is 62.2 Å². The van der Waals surface area contributed by atoms with Gasteiger partial charge >= 0.3 is 6.03 Å². The smallest absolute Gasteiger partial charge is 0.319 e. The van der Waals surface area contributed by atoms with E-state index in [1.54, 1.807) is 30.3 Å². The SMILES string of the molecule is CCCN1CCC(NC(=O)Nc2cccc(C(=O)Nc3cccc(F)c3)c2)CC1. The summed E-state index contributed by atoms with van der Waals surface area (Å²) in [7, 11) is 0. The van der Waals surface area contributed by atoms with Crippen LogP contribution in [0.3, 0.4) is 0 Å². The molecule has 154 valence electrons. The Morgan fingerprint density at radius 2 is 1.72 bits per heavy atom. The van der Waals surface area contributed by atoms with Crippen molar-refractivity contribution < 1.29 is 14.0 Å². The predicted molar refractivity (Wildman–Crippen MR) is 113 cm³/mol. The summed E-state index contributed by atoms with van der Waals surface area (Å²) in [6.45, 7) is 5.26. The molecule has 1 heterocycles. The third kappa shape index (κ3) is 6.29. The van der Waals surface area contributed by atoms with Crippen molar-refractivity contribution in [3.63, 3.8) is 0 Å². The molecule has 1 aliphatic heterocycles. The highest BCUT2D eigenvalue weighted by atomic mass is 19.1. The van der Waals surface area contributed by atoms with Gasteiger partial charge in [0.05, 0.1) is 0 Å². The lowest BCUT2D eigenvalue weighted by molar-refractivity contribution is 0.102. The Labute approximate surface area is 170 Å². The number of piperidine rings is 1. The maximum absolute atomic E-state index is 13.3. The van der Waals surface area contributed by atoms with Crippen LogP contribution < -0.4 is 16.0 Å². The highest BCUT2D eigenvalue weighted by Crippen LogP contribution is 2.15. The van der Waals surface area contributed by atoms with Gasteiger partial charge in [-0.3, -0.25) is 4.79 Å². The van der Waals surface area contributed by atoms with Crippen molar-refractivity contribution in [1.29, 1.82) is 0 Å². The number of hydrogen-bond donors (Lipinski definition) is 3. The summed E-state index contributed by atoms with van der Waals surface area (Å²) in [4.78, 5) is 27.1. The molecule has 0 atom stereocenters. The molecule has 3 amide bonds. The summed E-state index contributed by atoms with van der Waals surface area (Å²) in [5, 5.41) is 8.44. The van der Waals surface area contributed by atoms with Crippen LogP contribution in [0.5, 0.6) is 0 Å². The standard InChI is InChI=1S/C22H27FN4O2/c1-2-11-27-12-9-18(10-13-27)25-22(29)26-19-7-3-5-16(14-19)21(28)24-20-8-4-6-17(23)15-20/h3-8,14-15,18H,2,9-13H2,1H3,(H,24,28)(H2,25,26,29). The van der Waals surface area contributed by atoms with Gasteiger partial charge in [-0.2, -0.15) is 0 Å². The number of benzene rings is 2. The molecule has 3 rings (SSSR count). The van der Waals surface area contributed by atoms with Crippen LogP contribution in [0.15, 0.2) is 48.5 Å². The van der Waals surface area contributed by atoms with Crippen molar-refractivity contribution >= 4 is 23.3 Å². The lowest BCUT2D eigenvalue weighted by Gasteiger charge is -2.32. The van der Waals surface area contributed by atoms with Crippen molar-refractivity contribution in [2.75, 3.05) is 30.3 Å². The number of anilines is 2. The van der Waals surface area contributed by atoms with Crippen molar-refractivity contribution in [2.24, 2.45) is 0 Å². The van der Waals surface area contributed by atoms with Gasteiger partial charge in [0.1, 0.15) is 5.82 Å². The first kappa shape index (κ1) is 20.8. The summed E-state index contributed by atoms with van der Waals surface area (Å²) >= 11 is 0. The zero-order valence-corrected chi connectivity index (χ0v) is 16.6. The normalized spacial score (nSPS) is 15.0. The molecule has 29 heavy (non-hydrogen) atoms. The van der Waals surface area contributed by atoms with Crippen molar-refractivity contribution in [3.05, 3.63) is 59.9 Å². The van der Waals surface area contributed by atoms with E-state index in [0.29, 0.717) is 16.9 Å². The molecular weight excluding hydrogens is 371 g/mol. The number of carbonyl (C=O) groups excluding carboxylic acids is 2. The van der Waals surface area contributed by atoms with E-state index in [0.717, 1.165) is 38.9 Å². The number of urea groups is 1. The fraction of sp³-hybridized carbons (Fsp3) is 0.364. The van der Waals surface area contributed by atoms with E-state index < -0.39 is 5.82 Å². The molecule has 3 N–H and O–H groups in total. The molecule has 1 saturated heterocycles. The molecule has 0 spiro atoms. The fourth-order valence-corrected chi connectivity index (χ4v) is 3.48. The third-order valence-electron chi connectivity index (χ3n) is 4.93. The van der Waals surface area contributed by atoms with E-state index in [-0.39, 0.29) is 18.0 Å². The Kier molecular flexibility index (Phi) is 7.19. The zero-order valence-electron chi connectivity index (χ0n) is 16.6. The number of likely N-dealkylation sites (tertiary alicyclic amines) is 1. The Balaban J connectivity index is 1.52. The zero-order chi connectivity index (χ0) is 20.6. The molecule has 1 aliphatic rings. The van der Waals surface area contributed by atoms with Crippen LogP contribution in [0.4, 0.5) is 20.6 Å². The van der Waals surface area contributed by atoms with Gasteiger partial charge in [0.15, 0.2) is 0 Å². The summed E-state index contributed by atoms with van der Waals surface area (Å²) in [5.41, 5.74) is 1.28. The van der Waals surface area contributed by atoms with E-state index in [9.17, 15) is 14.0 Å². The quantitative estimate of drug-likeness (QED) is 0.687. The van der Waals surface area contributed by atoms with Gasteiger partial charge < -0.3 is 20.9 Å². The van der Waals surface area contributed by atoms with E-state index in [2.05, 4.69) is 27.8 Å². The van der Waals surface area contributed by atoms with Crippen molar-refractivity contribution in [3.8, 4) is 0 Å². The number of hydrogen-bond acceptors (Lipinski definition) is 3. The largest absolute Gasteiger partial charge is 0.335 e. The molecule has 0 unspecified atom stereocenters. The molecular formula is C22H27FN4O2. The lowest BCUT2D eigenvalue weighted by Crippen LogP contribution is -2.46. The van der Waals surface area contributed by atoms with Crippen LogP contribution >= 0.6 is 0 Å². The Morgan fingerprint density at radius 3 is 2.41 bits per heavy atom. The topological polar surface area (TPSA) is 73.5 Å². The predicted octanol–water partition coefficient (Wildman–Crippen LogP) is 4.07. The molecule has 0 bridgehead atoms. The third-order valence-corrected chi connectivity index (χ3v) is 4.93. The second kappa shape index (κ2) is 10.0. The monoisotopic (exact) mass is 398 g/mol. The van der Waals surface area contributed by atoms with Crippen LogP contribution in [-0.4, -0.2) is 42.5 Å². The average Bonchev–Trinajstić information content (AvgIpc) is 2.70. The Bertz CT molecular complexity index is 850. The van der Waals surface area contributed by atoms with E-state index in [1.807, 2.05) is 0 Å². The minimum Gasteiger partial charge on any atom is -0.335 e. The first-order chi connectivity index (χ1) is 14.0. The van der Waals surface area contributed by atoms with Crippen molar-refractivity contribution in [1.82, 2.24) is 10.2 Å². The first-order valence-electron chi connectivity index (χ1n) is 10.0. The van der Waals surface area contributed by atoms with Crippen LogP contribution in [0.2, 0.25) is 0 Å². The van der Waals surface area contributed by atoms with Gasteiger partial charge in [0.2, 0.25) is 0 Å². The number of halogens is 1. The summed E-state index contributed by atoms with van der Waals surface area (Å²) in [6.07, 6.45) is 3.01. The molecule has 0 saturated carbocycles. The Hall–Kier alpha value is -2.93. The second-order valence-electron chi connectivity index (χ2n) is 7.26. The molecule has 2 aromatic carbocycles. The maximum atomic E-state index is 13.3. The van der Waals surface area contributed by atoms with Crippen LogP contribution in [-0.2, 0) is 0 Å². The first-order valence-corrected chi connectivity index (χ1v) is 10.0. The van der Waals surface area contributed by atoms with Gasteiger partial charge in [-0.25, -0.2) is 9.18 Å². The Morgan fingerprint density at radius 1 is 1.03 bits per heavy atom. The van der Waals surface area contributed by atoms with Crippen LogP contribution in [0.1, 0.15) is 36.5 Å². The molecule has 7 heteroatoms. The van der Waals surface area contributed by atoms with Gasteiger partial charge in [0.25, 0.3) is 5.91 Å². The van der Waals surface area contributed by atoms with Gasteiger partial charge in [-0.1, -0.05) is 19.1 Å². The number of rotatable bonds is 6. The fourth-order valence-electron chi connectivity index (χ4n) is 3.48. The minimum absolute atomic E-state index is 0.155. The number of nitrogens with zero attached hydrogens (tertiary/aromatic N) is 1. The van der Waals surface area contributed by atoms with E-state index in [1.165, 1.54) is 18.2 Å². The minimum atomic E-state index is -0.421. The lowest BCUT2D eigenvalue weighted by atomic mass is 10.1. The van der Waals surface area contributed by atoms with Crippen molar-refractivity contribution in [2.45, 2.75) is 32.2 Å². The molecule has 0 radical (unpaired) electrons. The number of amides is 3. The van der Waals surface area contributed by atoms with E-state index in [4.69, 9.17) is 0 Å². The molecule has 2 aromatic rings. The summed E-state index contributed by atoms with van der Waals surface area (Å²) in [6, 6.07) is 12.2. The van der Waals surface area contributed by atoms with Gasteiger partial charge in [-0.15, -0.1) is 0 Å². The highest BCUT2D eigenvalue weighted by Gasteiger charge is 2.20. The average molecular weight is 398 g/mol. The summed E-state index contributed by atoms with van der Waals surface area (Å²) < 4.78 is 13.3. The maximum Gasteiger partial charge on any atom is 0.319 e. The molecule has 0 aliphatic carbocycles. The molecule has 6 nitrogen and oxygen atoms in total. The molecule has 1 fully saturated rings. The second-order valence-corrected chi connectivity index (χ2v) is 7.26. The summed E-state index contributed by atoms with van der Waals surface area (Å²) in [5.74, 6) is -0.793. The van der Waals surface area contributed by atoms with Crippen LogP contribution in [0.25, 0.3) is 0 Å². The number of carbonyl (C=O) groups is 2. The van der Waals surface area contributed by atoms with Gasteiger partial charge in [0, 0.05) is 36.1 Å². The highest BCUT2D eigenvalue weighted by molar-refractivity contribution is 6.05. The van der Waals surface area contributed by atoms with Crippen LogP contribution in [0, 0.1) is 5.82 Å². The number of nitrogens with one attached hydrogen (secondary N) is 3. The van der Waals surface area contributed by atoms with E-state index >= 15 is 0 Å².